The quantitative estimate of drug-likeness (QED) is 0.232. The van der Waals surface area contributed by atoms with Gasteiger partial charge in [0, 0.05) is 73.9 Å². The number of hydrogen-bond acceptors (Lipinski definition) is 8. The molecule has 0 atom stereocenters. The second kappa shape index (κ2) is 12.2. The normalized spacial score (nSPS) is 15.2. The average Bonchev–Trinajstić information content (AvgIpc) is 3.70. The fraction of sp³-hybridized carbons (Fsp3) is 0.286. The molecule has 9 nitrogen and oxygen atoms in total. The van der Waals surface area contributed by atoms with E-state index in [2.05, 4.69) is 27.7 Å². The number of methoxy groups -OCH3 is 1. The van der Waals surface area contributed by atoms with Crippen LogP contribution in [0.4, 0.5) is 5.69 Å². The summed E-state index contributed by atoms with van der Waals surface area (Å²) in [5.41, 5.74) is 7.22. The standard InChI is InChI=1S/C35H37N5O4S/c1-24-3-7-29(8-4-24)45(41,42)40-23-31(26-5-9-32-27(19-26)11-12-37-32)30-20-28(22-38-35(30)40)25-6-10-33(34(21-25)43-2)44-18-17-39-15-13-36-14-16-39/h3-10,19-23,36-37H,11-18H2,1-2H3. The number of piperazine rings is 1. The predicted octanol–water partition coefficient (Wildman–Crippen LogP) is 5.18. The van der Waals surface area contributed by atoms with Gasteiger partial charge in [-0.2, -0.15) is 0 Å². The van der Waals surface area contributed by atoms with E-state index in [9.17, 15) is 8.42 Å². The number of nitrogens with zero attached hydrogens (tertiary/aromatic N) is 3. The molecule has 0 bridgehead atoms. The summed E-state index contributed by atoms with van der Waals surface area (Å²) < 4.78 is 41.0. The van der Waals surface area contributed by atoms with Gasteiger partial charge in [-0.25, -0.2) is 17.4 Å². The van der Waals surface area contributed by atoms with E-state index < -0.39 is 10.0 Å². The molecule has 45 heavy (non-hydrogen) atoms. The van der Waals surface area contributed by atoms with Crippen LogP contribution in [0.2, 0.25) is 0 Å². The molecule has 0 radical (unpaired) electrons. The van der Waals surface area contributed by atoms with Crippen LogP contribution in [0.25, 0.3) is 33.3 Å². The molecule has 0 spiro atoms. The molecule has 4 heterocycles. The van der Waals surface area contributed by atoms with Crippen LogP contribution >= 0.6 is 0 Å². The number of pyridine rings is 1. The van der Waals surface area contributed by atoms with Crippen LogP contribution in [0.15, 0.2) is 84.0 Å². The zero-order valence-corrected chi connectivity index (χ0v) is 26.4. The molecule has 0 aliphatic carbocycles. The smallest absolute Gasteiger partial charge is 0.269 e. The lowest BCUT2D eigenvalue weighted by molar-refractivity contribution is 0.188. The number of benzene rings is 3. The van der Waals surface area contributed by atoms with Gasteiger partial charge in [0.2, 0.25) is 0 Å². The minimum absolute atomic E-state index is 0.220. The number of anilines is 1. The molecule has 2 N–H and O–H groups in total. The van der Waals surface area contributed by atoms with E-state index in [0.717, 1.165) is 84.6 Å². The van der Waals surface area contributed by atoms with Gasteiger partial charge < -0.3 is 20.1 Å². The largest absolute Gasteiger partial charge is 0.493 e. The Kier molecular flexibility index (Phi) is 7.95. The molecule has 10 heteroatoms. The number of nitrogens with one attached hydrogen (secondary N) is 2. The Morgan fingerprint density at radius 2 is 1.69 bits per heavy atom. The van der Waals surface area contributed by atoms with E-state index in [1.807, 2.05) is 49.4 Å². The second-order valence-corrected chi connectivity index (χ2v) is 13.4. The molecular formula is C35H37N5O4S. The molecule has 0 saturated carbocycles. The number of aryl methyl sites for hydroxylation is 1. The molecule has 2 aliphatic heterocycles. The Balaban J connectivity index is 1.27. The van der Waals surface area contributed by atoms with Crippen molar-refractivity contribution in [1.29, 1.82) is 0 Å². The molecule has 2 aliphatic rings. The van der Waals surface area contributed by atoms with Gasteiger partial charge in [0.1, 0.15) is 6.61 Å². The third kappa shape index (κ3) is 5.77. The second-order valence-electron chi connectivity index (χ2n) is 11.6. The minimum Gasteiger partial charge on any atom is -0.493 e. The number of aromatic nitrogens is 2. The van der Waals surface area contributed by atoms with E-state index in [1.54, 1.807) is 31.6 Å². The monoisotopic (exact) mass is 623 g/mol. The first kappa shape index (κ1) is 29.3. The highest BCUT2D eigenvalue weighted by Gasteiger charge is 2.24. The van der Waals surface area contributed by atoms with Gasteiger partial charge in [-0.15, -0.1) is 0 Å². The predicted molar refractivity (Wildman–Crippen MR) is 178 cm³/mol. The number of ether oxygens (including phenoxy) is 2. The Bertz CT molecular complexity index is 1960. The summed E-state index contributed by atoms with van der Waals surface area (Å²) in [6, 6.07) is 21.0. The van der Waals surface area contributed by atoms with Crippen molar-refractivity contribution in [1.82, 2.24) is 19.2 Å². The molecular weight excluding hydrogens is 586 g/mol. The molecule has 7 rings (SSSR count). The topological polar surface area (TPSA) is 97.7 Å². The van der Waals surface area contributed by atoms with Crippen LogP contribution in [0.1, 0.15) is 11.1 Å². The highest BCUT2D eigenvalue weighted by atomic mass is 32.2. The first-order chi connectivity index (χ1) is 21.9. The maximum absolute atomic E-state index is 13.9. The zero-order valence-electron chi connectivity index (χ0n) is 25.5. The first-order valence-electron chi connectivity index (χ1n) is 15.4. The van der Waals surface area contributed by atoms with Crippen molar-refractivity contribution in [2.75, 3.05) is 58.3 Å². The minimum atomic E-state index is -3.89. The van der Waals surface area contributed by atoms with Gasteiger partial charge in [-0.1, -0.05) is 29.8 Å². The fourth-order valence-electron chi connectivity index (χ4n) is 6.13. The van der Waals surface area contributed by atoms with Crippen LogP contribution in [-0.4, -0.2) is 75.3 Å². The molecule has 1 fully saturated rings. The van der Waals surface area contributed by atoms with Gasteiger partial charge in [0.15, 0.2) is 17.1 Å². The fourth-order valence-corrected chi connectivity index (χ4v) is 7.46. The van der Waals surface area contributed by atoms with Gasteiger partial charge in [-0.3, -0.25) is 4.90 Å². The summed E-state index contributed by atoms with van der Waals surface area (Å²) in [6.45, 7) is 8.31. The van der Waals surface area contributed by atoms with E-state index in [-0.39, 0.29) is 4.90 Å². The maximum atomic E-state index is 13.9. The highest BCUT2D eigenvalue weighted by molar-refractivity contribution is 7.90. The molecule has 1 saturated heterocycles. The van der Waals surface area contributed by atoms with Crippen LogP contribution in [0.3, 0.4) is 0 Å². The van der Waals surface area contributed by atoms with Crippen molar-refractivity contribution in [3.8, 4) is 33.8 Å². The SMILES string of the molecule is COc1cc(-c2cnc3c(c2)c(-c2ccc4c(c2)CCN4)cn3S(=O)(=O)c2ccc(C)cc2)ccc1OCCN1CCNCC1. The van der Waals surface area contributed by atoms with Gasteiger partial charge in [-0.05, 0) is 72.5 Å². The lowest BCUT2D eigenvalue weighted by Gasteiger charge is -2.27. The Morgan fingerprint density at radius 1 is 0.889 bits per heavy atom. The molecule has 2 aromatic heterocycles. The lowest BCUT2D eigenvalue weighted by Crippen LogP contribution is -2.44. The van der Waals surface area contributed by atoms with Crippen LogP contribution < -0.4 is 20.1 Å². The van der Waals surface area contributed by atoms with Crippen LogP contribution in [-0.2, 0) is 16.4 Å². The van der Waals surface area contributed by atoms with E-state index in [4.69, 9.17) is 14.5 Å². The van der Waals surface area contributed by atoms with Gasteiger partial charge in [0.25, 0.3) is 10.0 Å². The van der Waals surface area contributed by atoms with Crippen molar-refractivity contribution in [3.05, 3.63) is 90.3 Å². The summed E-state index contributed by atoms with van der Waals surface area (Å²) >= 11 is 0. The van der Waals surface area contributed by atoms with E-state index >= 15 is 0 Å². The average molecular weight is 624 g/mol. The third-order valence-electron chi connectivity index (χ3n) is 8.69. The van der Waals surface area contributed by atoms with Gasteiger partial charge >= 0.3 is 0 Å². The van der Waals surface area contributed by atoms with Crippen molar-refractivity contribution < 1.29 is 17.9 Å². The summed E-state index contributed by atoms with van der Waals surface area (Å²) in [4.78, 5) is 7.36. The van der Waals surface area contributed by atoms with E-state index in [0.29, 0.717) is 23.8 Å². The van der Waals surface area contributed by atoms with Crippen molar-refractivity contribution >= 4 is 26.7 Å². The highest BCUT2D eigenvalue weighted by Crippen LogP contribution is 2.38. The van der Waals surface area contributed by atoms with Crippen molar-refractivity contribution in [2.45, 2.75) is 18.2 Å². The van der Waals surface area contributed by atoms with Crippen molar-refractivity contribution in [2.24, 2.45) is 0 Å². The Morgan fingerprint density at radius 3 is 2.49 bits per heavy atom. The summed E-state index contributed by atoms with van der Waals surface area (Å²) in [5.74, 6) is 1.33. The third-order valence-corrected chi connectivity index (χ3v) is 10.4. The lowest BCUT2D eigenvalue weighted by atomic mass is 10.00. The Hall–Kier alpha value is -4.38. The number of rotatable bonds is 9. The zero-order chi connectivity index (χ0) is 31.0. The van der Waals surface area contributed by atoms with Crippen LogP contribution in [0, 0.1) is 6.92 Å². The first-order valence-corrected chi connectivity index (χ1v) is 16.8. The summed E-state index contributed by atoms with van der Waals surface area (Å²) in [5, 5.41) is 7.53. The maximum Gasteiger partial charge on any atom is 0.269 e. The van der Waals surface area contributed by atoms with E-state index in [1.165, 1.54) is 9.54 Å². The van der Waals surface area contributed by atoms with Gasteiger partial charge in [0.05, 0.1) is 12.0 Å². The van der Waals surface area contributed by atoms with Crippen LogP contribution in [0.5, 0.6) is 11.5 Å². The molecule has 0 unspecified atom stereocenters. The Labute approximate surface area is 263 Å². The molecule has 3 aromatic carbocycles. The van der Waals surface area contributed by atoms with Crippen molar-refractivity contribution in [3.63, 3.8) is 0 Å². The molecule has 232 valence electrons. The number of fused-ring (bicyclic) bond motifs is 2. The number of hydrogen-bond donors (Lipinski definition) is 2. The molecule has 5 aromatic rings. The summed E-state index contributed by atoms with van der Waals surface area (Å²) in [6.07, 6.45) is 4.35. The molecule has 0 amide bonds. The summed E-state index contributed by atoms with van der Waals surface area (Å²) in [7, 11) is -2.25.